The van der Waals surface area contributed by atoms with Gasteiger partial charge in [-0.1, -0.05) is 66.7 Å². The van der Waals surface area contributed by atoms with Crippen molar-refractivity contribution in [3.05, 3.63) is 96.1 Å². The molecule has 0 saturated carbocycles. The summed E-state index contributed by atoms with van der Waals surface area (Å²) in [4.78, 5) is 11.2. The van der Waals surface area contributed by atoms with Crippen LogP contribution in [-0.2, 0) is 16.0 Å². The topological polar surface area (TPSA) is 55.8 Å². The molecule has 4 nitrogen and oxygen atoms in total. The molecule has 0 radical (unpaired) electrons. The molecule has 4 heteroatoms. The van der Waals surface area contributed by atoms with Crippen LogP contribution < -0.4 is 4.74 Å². The third-order valence-electron chi connectivity index (χ3n) is 5.07. The molecular weight excluding hydrogens is 388 g/mol. The molecule has 3 aromatic carbocycles. The summed E-state index contributed by atoms with van der Waals surface area (Å²) in [5.74, 6) is -0.199. The Morgan fingerprint density at radius 1 is 0.935 bits per heavy atom. The van der Waals surface area contributed by atoms with Gasteiger partial charge in [-0.15, -0.1) is 0 Å². The van der Waals surface area contributed by atoms with Crippen LogP contribution in [0.25, 0.3) is 16.7 Å². The predicted octanol–water partition coefficient (Wildman–Crippen LogP) is 5.87. The summed E-state index contributed by atoms with van der Waals surface area (Å²) in [5, 5.41) is 9.20. The zero-order valence-electron chi connectivity index (χ0n) is 18.0. The third kappa shape index (κ3) is 6.56. The van der Waals surface area contributed by atoms with E-state index in [4.69, 9.17) is 9.47 Å². The molecule has 1 unspecified atom stereocenters. The van der Waals surface area contributed by atoms with Crippen molar-refractivity contribution in [2.75, 3.05) is 13.2 Å². The highest BCUT2D eigenvalue weighted by atomic mass is 16.5. The number of carboxylic acids is 1. The minimum atomic E-state index is -0.945. The van der Waals surface area contributed by atoms with Crippen LogP contribution in [0.15, 0.2) is 84.9 Å². The first-order valence-corrected chi connectivity index (χ1v) is 10.5. The van der Waals surface area contributed by atoms with Gasteiger partial charge in [0.1, 0.15) is 12.4 Å². The lowest BCUT2D eigenvalue weighted by Crippen LogP contribution is -2.26. The van der Waals surface area contributed by atoms with Crippen LogP contribution in [0.1, 0.15) is 25.0 Å². The second-order valence-corrected chi connectivity index (χ2v) is 7.27. The molecule has 0 aliphatic heterocycles. The molecule has 3 rings (SSSR count). The van der Waals surface area contributed by atoms with Crippen molar-refractivity contribution in [1.82, 2.24) is 0 Å². The van der Waals surface area contributed by atoms with E-state index in [0.29, 0.717) is 19.6 Å². The first-order chi connectivity index (χ1) is 15.1. The number of benzene rings is 3. The van der Waals surface area contributed by atoms with Crippen molar-refractivity contribution in [3.8, 4) is 16.9 Å². The number of aliphatic carboxylic acids is 1. The van der Waals surface area contributed by atoms with Crippen LogP contribution in [0.2, 0.25) is 0 Å². The number of ether oxygens (including phenoxy) is 2. The van der Waals surface area contributed by atoms with Crippen molar-refractivity contribution in [2.24, 2.45) is 0 Å². The van der Waals surface area contributed by atoms with Crippen molar-refractivity contribution in [2.45, 2.75) is 26.4 Å². The fourth-order valence-electron chi connectivity index (χ4n) is 3.29. The molecule has 1 atom stereocenters. The van der Waals surface area contributed by atoms with Crippen LogP contribution in [-0.4, -0.2) is 30.4 Å². The zero-order chi connectivity index (χ0) is 22.1. The first kappa shape index (κ1) is 22.3. The minimum absolute atomic E-state index is 0.335. The highest BCUT2D eigenvalue weighted by Gasteiger charge is 2.17. The molecule has 0 amide bonds. The molecule has 3 aromatic rings. The fourth-order valence-corrected chi connectivity index (χ4v) is 3.29. The van der Waals surface area contributed by atoms with Crippen LogP contribution in [0.5, 0.6) is 5.75 Å². The van der Waals surface area contributed by atoms with Gasteiger partial charge in [-0.25, -0.2) is 4.79 Å². The Balaban J connectivity index is 1.54. The van der Waals surface area contributed by atoms with E-state index in [0.717, 1.165) is 22.4 Å². The number of hydrogen-bond acceptors (Lipinski definition) is 3. The van der Waals surface area contributed by atoms with Gasteiger partial charge in [0.05, 0.1) is 0 Å². The smallest absolute Gasteiger partial charge is 0.333 e. The van der Waals surface area contributed by atoms with E-state index in [1.165, 1.54) is 11.1 Å². The van der Waals surface area contributed by atoms with Gasteiger partial charge >= 0.3 is 5.97 Å². The quantitative estimate of drug-likeness (QED) is 0.449. The molecule has 0 fully saturated rings. The molecular formula is C27H28O4. The normalized spacial score (nSPS) is 12.4. The summed E-state index contributed by atoms with van der Waals surface area (Å²) in [6, 6.07) is 26.3. The van der Waals surface area contributed by atoms with Crippen LogP contribution in [0.3, 0.4) is 0 Å². The highest BCUT2D eigenvalue weighted by molar-refractivity contribution is 5.72. The van der Waals surface area contributed by atoms with E-state index in [1.807, 2.05) is 42.5 Å². The monoisotopic (exact) mass is 416 g/mol. The second kappa shape index (κ2) is 11.1. The SMILES string of the molecule is CCOC(Cc1ccc(OC/C=C(/C)c2ccc(-c3ccccc3)cc2)cc1)C(=O)O. The van der Waals surface area contributed by atoms with Gasteiger partial charge in [-0.3, -0.25) is 0 Å². The summed E-state index contributed by atoms with van der Waals surface area (Å²) in [7, 11) is 0. The van der Waals surface area contributed by atoms with Gasteiger partial charge in [-0.05, 0) is 59.9 Å². The molecule has 160 valence electrons. The Morgan fingerprint density at radius 3 is 2.19 bits per heavy atom. The molecule has 0 aliphatic rings. The van der Waals surface area contributed by atoms with E-state index in [-0.39, 0.29) is 0 Å². The van der Waals surface area contributed by atoms with Crippen LogP contribution in [0, 0.1) is 0 Å². The molecule has 0 spiro atoms. The zero-order valence-corrected chi connectivity index (χ0v) is 18.0. The lowest BCUT2D eigenvalue weighted by molar-refractivity contribution is -0.149. The molecule has 0 bridgehead atoms. The van der Waals surface area contributed by atoms with Gasteiger partial charge in [-0.2, -0.15) is 0 Å². The van der Waals surface area contributed by atoms with E-state index >= 15 is 0 Å². The summed E-state index contributed by atoms with van der Waals surface area (Å²) < 4.78 is 11.1. The van der Waals surface area contributed by atoms with E-state index in [1.54, 1.807) is 6.92 Å². The average Bonchev–Trinajstić information content (AvgIpc) is 2.80. The molecule has 0 heterocycles. The van der Waals surface area contributed by atoms with E-state index in [2.05, 4.69) is 49.4 Å². The van der Waals surface area contributed by atoms with Crippen molar-refractivity contribution < 1.29 is 19.4 Å². The summed E-state index contributed by atoms with van der Waals surface area (Å²) >= 11 is 0. The number of carboxylic acid groups (broad SMARTS) is 1. The Morgan fingerprint density at radius 2 is 1.58 bits per heavy atom. The molecule has 0 aromatic heterocycles. The van der Waals surface area contributed by atoms with Gasteiger partial charge in [0.2, 0.25) is 0 Å². The average molecular weight is 417 g/mol. The number of allylic oxidation sites excluding steroid dienone is 1. The minimum Gasteiger partial charge on any atom is -0.490 e. The summed E-state index contributed by atoms with van der Waals surface area (Å²) in [6.45, 7) is 4.70. The Hall–Kier alpha value is -3.37. The molecule has 1 N–H and O–H groups in total. The van der Waals surface area contributed by atoms with E-state index in [9.17, 15) is 9.90 Å². The highest BCUT2D eigenvalue weighted by Crippen LogP contribution is 2.22. The lowest BCUT2D eigenvalue weighted by Gasteiger charge is -2.12. The number of rotatable bonds is 10. The first-order valence-electron chi connectivity index (χ1n) is 10.5. The number of carbonyl (C=O) groups is 1. The largest absolute Gasteiger partial charge is 0.490 e. The van der Waals surface area contributed by atoms with Gasteiger partial charge in [0.15, 0.2) is 6.10 Å². The molecule has 0 aliphatic carbocycles. The predicted molar refractivity (Wildman–Crippen MR) is 124 cm³/mol. The fraction of sp³-hybridized carbons (Fsp3) is 0.222. The maximum Gasteiger partial charge on any atom is 0.333 e. The van der Waals surface area contributed by atoms with Gasteiger partial charge in [0, 0.05) is 13.0 Å². The lowest BCUT2D eigenvalue weighted by atomic mass is 10.0. The Bertz CT molecular complexity index is 990. The van der Waals surface area contributed by atoms with E-state index < -0.39 is 12.1 Å². The number of hydrogen-bond donors (Lipinski definition) is 1. The molecule has 31 heavy (non-hydrogen) atoms. The third-order valence-corrected chi connectivity index (χ3v) is 5.07. The second-order valence-electron chi connectivity index (χ2n) is 7.27. The Kier molecular flexibility index (Phi) is 8.02. The van der Waals surface area contributed by atoms with Crippen LogP contribution >= 0.6 is 0 Å². The van der Waals surface area contributed by atoms with Crippen LogP contribution in [0.4, 0.5) is 0 Å². The van der Waals surface area contributed by atoms with Gasteiger partial charge in [0.25, 0.3) is 0 Å². The summed E-state index contributed by atoms with van der Waals surface area (Å²) in [5.41, 5.74) is 5.62. The van der Waals surface area contributed by atoms with Crippen molar-refractivity contribution in [3.63, 3.8) is 0 Å². The van der Waals surface area contributed by atoms with Crippen molar-refractivity contribution in [1.29, 1.82) is 0 Å². The van der Waals surface area contributed by atoms with Crippen molar-refractivity contribution >= 4 is 11.5 Å². The molecule has 0 saturated heterocycles. The summed E-state index contributed by atoms with van der Waals surface area (Å²) in [6.07, 6.45) is 1.57. The maximum absolute atomic E-state index is 11.2. The van der Waals surface area contributed by atoms with Gasteiger partial charge < -0.3 is 14.6 Å². The standard InChI is InChI=1S/C27H28O4/c1-3-30-26(27(28)29)19-21-9-15-25(16-10-21)31-18-17-20(2)22-11-13-24(14-12-22)23-7-5-4-6-8-23/h4-17,26H,3,18-19H2,1-2H3,(H,28,29)/b20-17-. The maximum atomic E-state index is 11.2. The Labute approximate surface area is 183 Å².